The number of amides is 2. The number of rotatable bonds is 7. The molecule has 1 aromatic heterocycles. The van der Waals surface area contributed by atoms with Crippen molar-refractivity contribution in [1.82, 2.24) is 14.7 Å². The van der Waals surface area contributed by atoms with Gasteiger partial charge in [-0.05, 0) is 61.9 Å². The normalized spacial score (nSPS) is 22.1. The highest BCUT2D eigenvalue weighted by Gasteiger charge is 2.57. The molecule has 10 heteroatoms. The summed E-state index contributed by atoms with van der Waals surface area (Å²) in [5.41, 5.74) is 0.752. The van der Waals surface area contributed by atoms with E-state index in [4.69, 9.17) is 0 Å². The van der Waals surface area contributed by atoms with Crippen molar-refractivity contribution < 1.29 is 28.7 Å². The zero-order chi connectivity index (χ0) is 26.0. The third kappa shape index (κ3) is 3.96. The van der Waals surface area contributed by atoms with E-state index in [0.717, 1.165) is 19.3 Å². The average molecular weight is 505 g/mol. The van der Waals surface area contributed by atoms with E-state index >= 15 is 0 Å². The van der Waals surface area contributed by atoms with Gasteiger partial charge in [-0.2, -0.15) is 5.10 Å². The Bertz CT molecular complexity index is 1480. The minimum Gasteiger partial charge on any atom is -0.478 e. The number of aromatic carboxylic acids is 1. The molecule has 0 radical (unpaired) electrons. The number of carboxylic acids is 1. The van der Waals surface area contributed by atoms with E-state index in [2.05, 4.69) is 5.10 Å². The molecular weight excluding hydrogens is 479 g/mol. The van der Waals surface area contributed by atoms with Crippen LogP contribution in [-0.2, 0) is 16.1 Å². The summed E-state index contributed by atoms with van der Waals surface area (Å²) in [4.78, 5) is 54.2. The summed E-state index contributed by atoms with van der Waals surface area (Å²) < 4.78 is 16.0. The SMILES string of the molecule is CC(=O)c1nn(CC(=O)N2[C@@H]3C[C@@H]3C[C@H]2C(=O)N(c2ccccc2F)C2CC2)c2cc(C(=O)O)ccc12. The number of aromatic nitrogens is 2. The summed E-state index contributed by atoms with van der Waals surface area (Å²) in [7, 11) is 0. The van der Waals surface area contributed by atoms with Crippen molar-refractivity contribution >= 4 is 40.2 Å². The second kappa shape index (κ2) is 8.50. The first-order valence-corrected chi connectivity index (χ1v) is 12.4. The van der Waals surface area contributed by atoms with E-state index in [1.807, 2.05) is 0 Å². The highest BCUT2D eigenvalue weighted by Crippen LogP contribution is 2.49. The zero-order valence-corrected chi connectivity index (χ0v) is 20.1. The van der Waals surface area contributed by atoms with Gasteiger partial charge in [0.1, 0.15) is 24.1 Å². The number of fused-ring (bicyclic) bond motifs is 2. The summed E-state index contributed by atoms with van der Waals surface area (Å²) >= 11 is 0. The number of ketones is 1. The lowest BCUT2D eigenvalue weighted by Crippen LogP contribution is -2.51. The molecule has 1 N–H and O–H groups in total. The Hall–Kier alpha value is -4.08. The first-order chi connectivity index (χ1) is 17.7. The molecule has 2 saturated carbocycles. The van der Waals surface area contributed by atoms with Gasteiger partial charge < -0.3 is 14.9 Å². The number of carbonyl (C=O) groups excluding carboxylic acids is 3. The van der Waals surface area contributed by atoms with Crippen LogP contribution >= 0.6 is 0 Å². The lowest BCUT2D eigenvalue weighted by Gasteiger charge is -2.32. The van der Waals surface area contributed by atoms with Crippen LogP contribution < -0.4 is 4.90 Å². The number of piperidine rings is 1. The predicted molar refractivity (Wildman–Crippen MR) is 131 cm³/mol. The van der Waals surface area contributed by atoms with Gasteiger partial charge in [-0.25, -0.2) is 9.18 Å². The quantitative estimate of drug-likeness (QED) is 0.495. The zero-order valence-electron chi connectivity index (χ0n) is 20.1. The Morgan fingerprint density at radius 1 is 1.11 bits per heavy atom. The number of anilines is 1. The van der Waals surface area contributed by atoms with Crippen molar-refractivity contribution in [1.29, 1.82) is 0 Å². The third-order valence-electron chi connectivity index (χ3n) is 7.56. The Kier molecular flexibility index (Phi) is 5.36. The molecule has 0 bridgehead atoms. The van der Waals surface area contributed by atoms with Crippen molar-refractivity contribution in [3.05, 3.63) is 59.5 Å². The van der Waals surface area contributed by atoms with Crippen LogP contribution in [0.3, 0.4) is 0 Å². The van der Waals surface area contributed by atoms with E-state index in [-0.39, 0.29) is 59.1 Å². The van der Waals surface area contributed by atoms with Gasteiger partial charge in [0.05, 0.1) is 16.8 Å². The van der Waals surface area contributed by atoms with Gasteiger partial charge in [-0.15, -0.1) is 0 Å². The van der Waals surface area contributed by atoms with Crippen LogP contribution in [-0.4, -0.2) is 61.5 Å². The highest BCUT2D eigenvalue weighted by molar-refractivity contribution is 6.06. The number of hydrogen-bond donors (Lipinski definition) is 1. The molecule has 0 unspecified atom stereocenters. The van der Waals surface area contributed by atoms with E-state index in [0.29, 0.717) is 17.3 Å². The fourth-order valence-corrected chi connectivity index (χ4v) is 5.57. The van der Waals surface area contributed by atoms with Gasteiger partial charge in [-0.3, -0.25) is 19.1 Å². The van der Waals surface area contributed by atoms with Crippen molar-refractivity contribution in [3.63, 3.8) is 0 Å². The third-order valence-corrected chi connectivity index (χ3v) is 7.56. The molecule has 9 nitrogen and oxygen atoms in total. The molecule has 3 fully saturated rings. The molecule has 3 atom stereocenters. The number of carbonyl (C=O) groups is 4. The van der Waals surface area contributed by atoms with E-state index in [1.165, 1.54) is 40.8 Å². The fourth-order valence-electron chi connectivity index (χ4n) is 5.57. The Morgan fingerprint density at radius 2 is 1.86 bits per heavy atom. The molecule has 190 valence electrons. The molecule has 2 heterocycles. The lowest BCUT2D eigenvalue weighted by atomic mass is 10.1. The molecule has 2 aromatic carbocycles. The Balaban J connectivity index is 1.32. The minimum absolute atomic E-state index is 0.0117. The van der Waals surface area contributed by atoms with E-state index in [9.17, 15) is 28.7 Å². The first kappa shape index (κ1) is 23.3. The van der Waals surface area contributed by atoms with Crippen molar-refractivity contribution in [2.75, 3.05) is 4.90 Å². The molecule has 1 aliphatic heterocycles. The molecule has 6 rings (SSSR count). The van der Waals surface area contributed by atoms with Crippen molar-refractivity contribution in [3.8, 4) is 0 Å². The predicted octanol–water partition coefficient (Wildman–Crippen LogP) is 3.26. The maximum absolute atomic E-state index is 14.7. The summed E-state index contributed by atoms with van der Waals surface area (Å²) in [6.45, 7) is 1.11. The molecule has 1 saturated heterocycles. The second-order valence-electron chi connectivity index (χ2n) is 10.1. The van der Waals surface area contributed by atoms with Gasteiger partial charge in [-0.1, -0.05) is 12.1 Å². The summed E-state index contributed by atoms with van der Waals surface area (Å²) in [6.07, 6.45) is 2.90. The van der Waals surface area contributed by atoms with E-state index in [1.54, 1.807) is 23.1 Å². The summed E-state index contributed by atoms with van der Waals surface area (Å²) in [6, 6.07) is 9.64. The molecule has 2 amide bonds. The topological polar surface area (TPSA) is 113 Å². The highest BCUT2D eigenvalue weighted by atomic mass is 19.1. The number of hydrogen-bond acceptors (Lipinski definition) is 5. The van der Waals surface area contributed by atoms with Crippen molar-refractivity contribution in [2.24, 2.45) is 5.92 Å². The molecule has 3 aromatic rings. The van der Waals surface area contributed by atoms with Gasteiger partial charge >= 0.3 is 5.97 Å². The monoisotopic (exact) mass is 504 g/mol. The van der Waals surface area contributed by atoms with Crippen LogP contribution in [0.5, 0.6) is 0 Å². The Labute approximate surface area is 211 Å². The number of carboxylic acid groups (broad SMARTS) is 1. The molecule has 37 heavy (non-hydrogen) atoms. The van der Waals surface area contributed by atoms with E-state index < -0.39 is 17.8 Å². The second-order valence-corrected chi connectivity index (χ2v) is 10.1. The number of nitrogens with zero attached hydrogens (tertiary/aromatic N) is 4. The Morgan fingerprint density at radius 3 is 2.54 bits per heavy atom. The number of para-hydroxylation sites is 1. The lowest BCUT2D eigenvalue weighted by molar-refractivity contribution is -0.139. The maximum Gasteiger partial charge on any atom is 0.335 e. The van der Waals surface area contributed by atoms with Crippen LogP contribution in [0.1, 0.15) is 53.5 Å². The molecular formula is C27H25FN4O5. The van der Waals surface area contributed by atoms with Crippen LogP contribution in [0.2, 0.25) is 0 Å². The maximum atomic E-state index is 14.7. The average Bonchev–Trinajstić information content (AvgIpc) is 3.78. The van der Waals surface area contributed by atoms with Crippen LogP contribution in [0.25, 0.3) is 10.9 Å². The largest absolute Gasteiger partial charge is 0.478 e. The van der Waals surface area contributed by atoms with Crippen LogP contribution in [0, 0.1) is 11.7 Å². The van der Waals surface area contributed by atoms with Gasteiger partial charge in [0, 0.05) is 24.4 Å². The summed E-state index contributed by atoms with van der Waals surface area (Å²) in [5, 5.41) is 14.2. The van der Waals surface area contributed by atoms with Crippen LogP contribution in [0.15, 0.2) is 42.5 Å². The number of Topliss-reactive ketones (excluding diaryl/α,β-unsaturated/α-hetero) is 1. The van der Waals surface area contributed by atoms with Gasteiger partial charge in [0.2, 0.25) is 11.8 Å². The minimum atomic E-state index is -1.13. The number of halogens is 1. The van der Waals surface area contributed by atoms with Crippen molar-refractivity contribution in [2.45, 2.75) is 57.3 Å². The smallest absolute Gasteiger partial charge is 0.335 e. The number of likely N-dealkylation sites (tertiary alicyclic amines) is 1. The van der Waals surface area contributed by atoms with Crippen LogP contribution in [0.4, 0.5) is 10.1 Å². The first-order valence-electron chi connectivity index (χ1n) is 12.4. The number of benzene rings is 2. The van der Waals surface area contributed by atoms with Gasteiger partial charge in [0.25, 0.3) is 0 Å². The van der Waals surface area contributed by atoms with Gasteiger partial charge in [0.15, 0.2) is 5.78 Å². The fraction of sp³-hybridized carbons (Fsp3) is 0.370. The molecule has 0 spiro atoms. The molecule has 3 aliphatic rings. The summed E-state index contributed by atoms with van der Waals surface area (Å²) in [5.74, 6) is -2.31. The standard InChI is InChI=1S/C27H25FN4O5/c1-14(33)25-18-9-6-15(27(36)37)10-22(18)30(29-25)13-24(34)32-21-11-16(21)12-23(32)26(35)31(17-7-8-17)20-5-3-2-4-19(20)28/h2-6,9-10,16-17,21,23H,7-8,11-13H2,1H3,(H,36,37)/t16-,21-,23+/m1/s1. The molecule has 2 aliphatic carbocycles.